The van der Waals surface area contributed by atoms with Gasteiger partial charge in [-0.3, -0.25) is 24.8 Å². The molecule has 2 aromatic carbocycles. The molecule has 1 heterocycles. The fraction of sp³-hybridized carbons (Fsp3) is 0.333. The molecule has 2 amide bonds. The summed E-state index contributed by atoms with van der Waals surface area (Å²) in [6.45, 7) is 7.98. The number of halogens is 1. The van der Waals surface area contributed by atoms with Crippen LogP contribution < -0.4 is 10.6 Å². The van der Waals surface area contributed by atoms with E-state index >= 15 is 0 Å². The minimum atomic E-state index is -0.547. The summed E-state index contributed by atoms with van der Waals surface area (Å²) in [5, 5.41) is 24.2. The van der Waals surface area contributed by atoms with Gasteiger partial charge in [-0.25, -0.2) is 4.98 Å². The maximum atomic E-state index is 12.7. The summed E-state index contributed by atoms with van der Waals surface area (Å²) >= 11 is 3.43. The van der Waals surface area contributed by atoms with Crippen molar-refractivity contribution in [2.45, 2.75) is 44.8 Å². The molecule has 0 spiro atoms. The first-order valence-electron chi connectivity index (χ1n) is 11.2. The van der Waals surface area contributed by atoms with E-state index in [9.17, 15) is 19.7 Å². The second kappa shape index (κ2) is 12.3. The van der Waals surface area contributed by atoms with Crippen molar-refractivity contribution in [3.63, 3.8) is 0 Å². The molecule has 0 bridgehead atoms. The summed E-state index contributed by atoms with van der Waals surface area (Å²) in [7, 11) is 0. The zero-order valence-corrected chi connectivity index (χ0v) is 23.2. The van der Waals surface area contributed by atoms with Crippen molar-refractivity contribution >= 4 is 57.5 Å². The van der Waals surface area contributed by atoms with Gasteiger partial charge in [-0.05, 0) is 64.3 Å². The third kappa shape index (κ3) is 7.26. The van der Waals surface area contributed by atoms with Crippen molar-refractivity contribution in [1.82, 2.24) is 20.5 Å². The Morgan fingerprint density at radius 3 is 2.58 bits per heavy atom. The highest BCUT2D eigenvalue weighted by atomic mass is 127. The van der Waals surface area contributed by atoms with Crippen LogP contribution in [0.4, 0.5) is 11.4 Å². The van der Waals surface area contributed by atoms with Crippen LogP contribution in [0.1, 0.15) is 61.4 Å². The third-order valence-electron chi connectivity index (χ3n) is 5.29. The molecular formula is C24H27IN6O4S. The van der Waals surface area contributed by atoms with E-state index in [4.69, 9.17) is 0 Å². The van der Waals surface area contributed by atoms with Crippen LogP contribution in [0.25, 0.3) is 0 Å². The molecule has 0 saturated heterocycles. The van der Waals surface area contributed by atoms with E-state index in [0.29, 0.717) is 11.0 Å². The Balaban J connectivity index is 1.64. The number of nitrogens with one attached hydrogen (secondary N) is 3. The second-order valence-corrected chi connectivity index (χ2v) is 10.9. The number of anilines is 1. The molecule has 0 fully saturated rings. The van der Waals surface area contributed by atoms with Crippen molar-refractivity contribution in [3.05, 3.63) is 73.1 Å². The number of thioether (sulfide) groups is 1. The number of aromatic nitrogens is 3. The maximum absolute atomic E-state index is 12.7. The number of non-ortho nitro benzene ring substituents is 1. The molecule has 190 valence electrons. The van der Waals surface area contributed by atoms with E-state index in [1.54, 1.807) is 0 Å². The molecular weight excluding hydrogens is 595 g/mol. The van der Waals surface area contributed by atoms with Crippen molar-refractivity contribution in [2.24, 2.45) is 5.92 Å². The summed E-state index contributed by atoms with van der Waals surface area (Å²) in [6.07, 6.45) is 0. The molecule has 0 aliphatic heterocycles. The number of H-pyrrole nitrogens is 1. The van der Waals surface area contributed by atoms with Gasteiger partial charge in [0.25, 0.3) is 11.6 Å². The minimum Gasteiger partial charge on any atom is -0.342 e. The number of carbonyl (C=O) groups excluding carboxylic acids is 2. The molecule has 0 aliphatic carbocycles. The van der Waals surface area contributed by atoms with Gasteiger partial charge in [0.2, 0.25) is 11.1 Å². The van der Waals surface area contributed by atoms with Gasteiger partial charge in [-0.2, -0.15) is 0 Å². The lowest BCUT2D eigenvalue weighted by molar-refractivity contribution is -0.384. The molecule has 0 radical (unpaired) electrons. The smallest absolute Gasteiger partial charge is 0.270 e. The Bertz CT molecular complexity index is 1260. The molecule has 1 atom stereocenters. The van der Waals surface area contributed by atoms with Crippen LogP contribution in [0, 0.1) is 19.6 Å². The van der Waals surface area contributed by atoms with E-state index in [2.05, 4.69) is 68.3 Å². The van der Waals surface area contributed by atoms with Gasteiger partial charge >= 0.3 is 0 Å². The van der Waals surface area contributed by atoms with Crippen LogP contribution in [0.3, 0.4) is 0 Å². The Morgan fingerprint density at radius 2 is 1.92 bits per heavy atom. The molecule has 36 heavy (non-hydrogen) atoms. The summed E-state index contributed by atoms with van der Waals surface area (Å²) in [5.74, 6) is 0.148. The number of nitro groups is 1. The monoisotopic (exact) mass is 622 g/mol. The van der Waals surface area contributed by atoms with Crippen LogP contribution in [-0.4, -0.2) is 37.7 Å². The van der Waals surface area contributed by atoms with Crippen molar-refractivity contribution in [2.75, 3.05) is 11.1 Å². The quantitative estimate of drug-likeness (QED) is 0.121. The van der Waals surface area contributed by atoms with E-state index in [1.165, 1.54) is 36.0 Å². The molecule has 3 aromatic rings. The Labute approximate surface area is 226 Å². The average molecular weight is 622 g/mol. The Hall–Kier alpha value is -3.00. The fourth-order valence-corrected chi connectivity index (χ4v) is 4.56. The standard InChI is InChI=1S/C24H27IN6O4S/c1-13(2)18-11-16(25)8-9-19(18)26-20(32)12-36-24-28-22(29-30-24)21(14(3)4)27-23(33)15-6-5-7-17(10-15)31(34)35/h5-11,13-14,21H,12H2,1-4H3,(H,26,32)(H,27,33)(H,28,29,30)/t21-/m0/s1. The van der Waals surface area contributed by atoms with Gasteiger partial charge < -0.3 is 10.6 Å². The summed E-state index contributed by atoms with van der Waals surface area (Å²) in [6, 6.07) is 10.9. The molecule has 0 aliphatic rings. The zero-order valence-electron chi connectivity index (χ0n) is 20.2. The maximum Gasteiger partial charge on any atom is 0.270 e. The van der Waals surface area contributed by atoms with Crippen LogP contribution in [-0.2, 0) is 4.79 Å². The first kappa shape index (κ1) is 27.6. The molecule has 0 saturated carbocycles. The number of aromatic amines is 1. The number of carbonyl (C=O) groups is 2. The molecule has 3 N–H and O–H groups in total. The topological polar surface area (TPSA) is 143 Å². The second-order valence-electron chi connectivity index (χ2n) is 8.73. The molecule has 3 rings (SSSR count). The van der Waals surface area contributed by atoms with Crippen molar-refractivity contribution in [1.29, 1.82) is 0 Å². The fourth-order valence-electron chi connectivity index (χ4n) is 3.44. The van der Waals surface area contributed by atoms with Gasteiger partial charge in [-0.15, -0.1) is 5.10 Å². The summed E-state index contributed by atoms with van der Waals surface area (Å²) < 4.78 is 1.11. The third-order valence-corrected chi connectivity index (χ3v) is 6.81. The van der Waals surface area contributed by atoms with Gasteiger partial charge in [0, 0.05) is 27.0 Å². The number of rotatable bonds is 10. The lowest BCUT2D eigenvalue weighted by atomic mass is 10.0. The van der Waals surface area contributed by atoms with E-state index < -0.39 is 16.9 Å². The molecule has 12 heteroatoms. The van der Waals surface area contributed by atoms with Crippen molar-refractivity contribution < 1.29 is 14.5 Å². The summed E-state index contributed by atoms with van der Waals surface area (Å²) in [4.78, 5) is 40.2. The highest BCUT2D eigenvalue weighted by Crippen LogP contribution is 2.27. The predicted octanol–water partition coefficient (Wildman–Crippen LogP) is 5.30. The summed E-state index contributed by atoms with van der Waals surface area (Å²) in [5.41, 5.74) is 1.87. The van der Waals surface area contributed by atoms with Gasteiger partial charge in [0.15, 0.2) is 0 Å². The number of hydrogen-bond acceptors (Lipinski definition) is 7. The highest BCUT2D eigenvalue weighted by molar-refractivity contribution is 14.1. The van der Waals surface area contributed by atoms with E-state index in [0.717, 1.165) is 14.8 Å². The van der Waals surface area contributed by atoms with Crippen LogP contribution in [0.5, 0.6) is 0 Å². The largest absolute Gasteiger partial charge is 0.342 e. The van der Waals surface area contributed by atoms with E-state index in [-0.39, 0.29) is 34.7 Å². The number of nitro benzene ring substituents is 1. The number of hydrogen-bond donors (Lipinski definition) is 3. The first-order chi connectivity index (χ1) is 17.0. The Morgan fingerprint density at radius 1 is 1.17 bits per heavy atom. The molecule has 10 nitrogen and oxygen atoms in total. The predicted molar refractivity (Wildman–Crippen MR) is 147 cm³/mol. The van der Waals surface area contributed by atoms with Crippen LogP contribution in [0.15, 0.2) is 47.6 Å². The normalized spacial score (nSPS) is 12.0. The van der Waals surface area contributed by atoms with E-state index in [1.807, 2.05) is 26.0 Å². The Kier molecular flexibility index (Phi) is 9.43. The SMILES string of the molecule is CC(C)c1cc(I)ccc1NC(=O)CSc1n[nH]c([C@@H](NC(=O)c2cccc([N+](=O)[O-])c2)C(C)C)n1. The van der Waals surface area contributed by atoms with Crippen LogP contribution in [0.2, 0.25) is 0 Å². The average Bonchev–Trinajstić information content (AvgIpc) is 3.30. The molecule has 1 aromatic heterocycles. The lowest BCUT2D eigenvalue weighted by Gasteiger charge is -2.19. The highest BCUT2D eigenvalue weighted by Gasteiger charge is 2.24. The van der Waals surface area contributed by atoms with Gasteiger partial charge in [0.1, 0.15) is 5.82 Å². The lowest BCUT2D eigenvalue weighted by Crippen LogP contribution is -2.32. The number of benzene rings is 2. The van der Waals surface area contributed by atoms with Crippen LogP contribution >= 0.6 is 34.4 Å². The van der Waals surface area contributed by atoms with Gasteiger partial charge in [0.05, 0.1) is 16.7 Å². The molecule has 0 unspecified atom stereocenters. The first-order valence-corrected chi connectivity index (χ1v) is 13.3. The van der Waals surface area contributed by atoms with Gasteiger partial charge in [-0.1, -0.05) is 45.5 Å². The minimum absolute atomic E-state index is 0.0444. The van der Waals surface area contributed by atoms with Crippen molar-refractivity contribution in [3.8, 4) is 0 Å². The zero-order chi connectivity index (χ0) is 26.4. The number of amides is 2. The number of nitrogens with zero attached hydrogens (tertiary/aromatic N) is 3.